The van der Waals surface area contributed by atoms with Gasteiger partial charge in [0, 0.05) is 22.7 Å². The molecule has 2 aromatic carbocycles. The Balaban J connectivity index is 1.84. The van der Waals surface area contributed by atoms with E-state index < -0.39 is 11.9 Å². The predicted molar refractivity (Wildman–Crippen MR) is 107 cm³/mol. The van der Waals surface area contributed by atoms with Crippen molar-refractivity contribution >= 4 is 35.1 Å². The third kappa shape index (κ3) is 3.36. The van der Waals surface area contributed by atoms with E-state index in [0.717, 1.165) is 11.3 Å². The number of nitrogens with zero attached hydrogens (tertiary/aromatic N) is 3. The number of anilines is 2. The molecule has 1 aliphatic rings. The first-order valence-electron chi connectivity index (χ1n) is 8.81. The van der Waals surface area contributed by atoms with Crippen molar-refractivity contribution in [1.82, 2.24) is 14.8 Å². The van der Waals surface area contributed by atoms with Crippen LogP contribution in [0.25, 0.3) is 5.70 Å². The zero-order valence-corrected chi connectivity index (χ0v) is 15.7. The van der Waals surface area contributed by atoms with Gasteiger partial charge in [-0.1, -0.05) is 54.9 Å². The van der Waals surface area contributed by atoms with Crippen LogP contribution in [0.4, 0.5) is 16.3 Å². The number of amides is 1. The van der Waals surface area contributed by atoms with Crippen molar-refractivity contribution in [2.45, 2.75) is 19.4 Å². The van der Waals surface area contributed by atoms with Crippen LogP contribution >= 0.6 is 11.6 Å². The molecule has 1 aliphatic heterocycles. The summed E-state index contributed by atoms with van der Waals surface area (Å²) in [4.78, 5) is 16.1. The Morgan fingerprint density at radius 3 is 2.75 bits per heavy atom. The summed E-state index contributed by atoms with van der Waals surface area (Å²) in [6.07, 6.45) is 2.14. The molecule has 2 N–H and O–H groups in total. The molecule has 1 aromatic heterocycles. The monoisotopic (exact) mass is 397 g/mol. The van der Waals surface area contributed by atoms with E-state index in [0.29, 0.717) is 17.9 Å². The van der Waals surface area contributed by atoms with Crippen molar-refractivity contribution in [1.29, 1.82) is 0 Å². The molecule has 0 spiro atoms. The second-order valence-electron chi connectivity index (χ2n) is 6.26. The number of hydrogen-bond acceptors (Lipinski definition) is 4. The number of nitrogens with one attached hydrogen (secondary N) is 2. The summed E-state index contributed by atoms with van der Waals surface area (Å²) in [5, 5.41) is 10.5. The van der Waals surface area contributed by atoms with Gasteiger partial charge in [0.2, 0.25) is 11.9 Å². The maximum absolute atomic E-state index is 14.7. The van der Waals surface area contributed by atoms with Crippen molar-refractivity contribution in [2.24, 2.45) is 0 Å². The van der Waals surface area contributed by atoms with E-state index >= 15 is 0 Å². The van der Waals surface area contributed by atoms with Gasteiger partial charge < -0.3 is 5.32 Å². The number of allylic oxidation sites excluding steroid dienone is 1. The second kappa shape index (κ2) is 7.44. The minimum atomic E-state index is -0.625. The Kier molecular flexibility index (Phi) is 4.83. The summed E-state index contributed by atoms with van der Waals surface area (Å²) < 4.78 is 16.2. The lowest BCUT2D eigenvalue weighted by Gasteiger charge is -2.25. The van der Waals surface area contributed by atoms with E-state index in [9.17, 15) is 9.18 Å². The van der Waals surface area contributed by atoms with E-state index in [1.807, 2.05) is 36.4 Å². The molecule has 0 fully saturated rings. The van der Waals surface area contributed by atoms with Crippen LogP contribution in [0.2, 0.25) is 5.02 Å². The van der Waals surface area contributed by atoms with Crippen molar-refractivity contribution in [3.05, 3.63) is 76.6 Å². The Labute approximate surface area is 166 Å². The summed E-state index contributed by atoms with van der Waals surface area (Å²) in [7, 11) is 0. The summed E-state index contributed by atoms with van der Waals surface area (Å²) in [5.74, 6) is -0.116. The number of carbonyl (C=O) groups is 1. The fraction of sp³-hybridized carbons (Fsp3) is 0.150. The summed E-state index contributed by atoms with van der Waals surface area (Å²) >= 11 is 6.32. The standard InChI is InChI=1S/C20H17ClFN5O/c1-2-17(28)24-19-25-20-23-15(12-7-4-3-5-8-12)11-16(27(20)26-19)18-13(21)9-6-10-14(18)22/h3-11,16H,2H2,1H3,(H2,23,24,25,26,28)/t16-/m1/s1. The lowest BCUT2D eigenvalue weighted by atomic mass is 10.0. The molecule has 0 radical (unpaired) electrons. The van der Waals surface area contributed by atoms with Gasteiger partial charge >= 0.3 is 0 Å². The van der Waals surface area contributed by atoms with E-state index in [-0.39, 0.29) is 16.9 Å². The second-order valence-corrected chi connectivity index (χ2v) is 6.66. The highest BCUT2D eigenvalue weighted by Crippen LogP contribution is 2.37. The molecule has 6 nitrogen and oxygen atoms in total. The molecule has 4 rings (SSSR count). The molecule has 1 amide bonds. The first kappa shape index (κ1) is 18.2. The average molecular weight is 398 g/mol. The third-order valence-corrected chi connectivity index (χ3v) is 4.75. The molecular formula is C20H17ClFN5O. The minimum absolute atomic E-state index is 0.148. The quantitative estimate of drug-likeness (QED) is 0.681. The molecule has 2 heterocycles. The Morgan fingerprint density at radius 2 is 2.04 bits per heavy atom. The van der Waals surface area contributed by atoms with Crippen LogP contribution < -0.4 is 10.6 Å². The number of fused-ring (bicyclic) bond motifs is 1. The highest BCUT2D eigenvalue weighted by atomic mass is 35.5. The number of carbonyl (C=O) groups excluding carboxylic acids is 1. The smallest absolute Gasteiger partial charge is 0.250 e. The van der Waals surface area contributed by atoms with E-state index in [4.69, 9.17) is 11.6 Å². The maximum Gasteiger partial charge on any atom is 0.250 e. The van der Waals surface area contributed by atoms with Gasteiger partial charge in [-0.2, -0.15) is 4.98 Å². The van der Waals surface area contributed by atoms with Gasteiger partial charge in [-0.25, -0.2) is 9.07 Å². The summed E-state index contributed by atoms with van der Waals surface area (Å²) in [6, 6.07) is 13.5. The summed E-state index contributed by atoms with van der Waals surface area (Å²) in [6.45, 7) is 1.74. The van der Waals surface area contributed by atoms with Crippen LogP contribution in [0.3, 0.4) is 0 Å². The molecular weight excluding hydrogens is 381 g/mol. The highest BCUT2D eigenvalue weighted by molar-refractivity contribution is 6.31. The van der Waals surface area contributed by atoms with Gasteiger partial charge in [0.15, 0.2) is 0 Å². The third-order valence-electron chi connectivity index (χ3n) is 4.42. The van der Waals surface area contributed by atoms with Gasteiger partial charge in [0.05, 0.1) is 0 Å². The topological polar surface area (TPSA) is 71.8 Å². The molecule has 0 saturated carbocycles. The van der Waals surface area contributed by atoms with Crippen molar-refractivity contribution in [3.8, 4) is 0 Å². The number of rotatable bonds is 4. The van der Waals surface area contributed by atoms with Crippen LogP contribution in [0.1, 0.15) is 30.5 Å². The van der Waals surface area contributed by atoms with Crippen LogP contribution in [0, 0.1) is 5.82 Å². The Bertz CT molecular complexity index is 1040. The first-order valence-corrected chi connectivity index (χ1v) is 9.19. The minimum Gasteiger partial charge on any atom is -0.324 e. The fourth-order valence-corrected chi connectivity index (χ4v) is 3.32. The number of hydrogen-bond donors (Lipinski definition) is 2. The maximum atomic E-state index is 14.7. The van der Waals surface area contributed by atoms with Crippen molar-refractivity contribution in [2.75, 3.05) is 10.6 Å². The zero-order valence-electron chi connectivity index (χ0n) is 15.0. The molecule has 1 atom stereocenters. The van der Waals surface area contributed by atoms with Crippen LogP contribution in [-0.4, -0.2) is 20.7 Å². The highest BCUT2D eigenvalue weighted by Gasteiger charge is 2.29. The number of benzene rings is 2. The Hall–Kier alpha value is -3.19. The largest absolute Gasteiger partial charge is 0.324 e. The predicted octanol–water partition coefficient (Wildman–Crippen LogP) is 4.48. The SMILES string of the molecule is CCC(=O)Nc1nc2n(n1)[C@@H](c1c(F)cccc1Cl)C=C(c1ccccc1)N2. The van der Waals surface area contributed by atoms with Crippen molar-refractivity contribution in [3.63, 3.8) is 0 Å². The zero-order chi connectivity index (χ0) is 19.7. The van der Waals surface area contributed by atoms with Crippen LogP contribution in [-0.2, 0) is 4.79 Å². The van der Waals surface area contributed by atoms with Crippen LogP contribution in [0.5, 0.6) is 0 Å². The molecule has 0 saturated heterocycles. The molecule has 28 heavy (non-hydrogen) atoms. The molecule has 3 aromatic rings. The first-order chi connectivity index (χ1) is 13.6. The van der Waals surface area contributed by atoms with Gasteiger partial charge in [-0.3, -0.25) is 10.1 Å². The van der Waals surface area contributed by atoms with Crippen LogP contribution in [0.15, 0.2) is 54.6 Å². The lowest BCUT2D eigenvalue weighted by molar-refractivity contribution is -0.115. The number of halogens is 2. The van der Waals surface area contributed by atoms with E-state index in [1.165, 1.54) is 10.7 Å². The molecule has 0 unspecified atom stereocenters. The lowest BCUT2D eigenvalue weighted by Crippen LogP contribution is -2.21. The van der Waals surface area contributed by atoms with Crippen molar-refractivity contribution < 1.29 is 9.18 Å². The Morgan fingerprint density at radius 1 is 1.25 bits per heavy atom. The molecule has 8 heteroatoms. The van der Waals surface area contributed by atoms with Gasteiger partial charge in [0.1, 0.15) is 11.9 Å². The van der Waals surface area contributed by atoms with Gasteiger partial charge in [0.25, 0.3) is 5.95 Å². The van der Waals surface area contributed by atoms with E-state index in [2.05, 4.69) is 20.7 Å². The van der Waals surface area contributed by atoms with E-state index in [1.54, 1.807) is 19.1 Å². The molecule has 0 bridgehead atoms. The average Bonchev–Trinajstić information content (AvgIpc) is 3.10. The molecule has 142 valence electrons. The van der Waals surface area contributed by atoms with Gasteiger partial charge in [-0.15, -0.1) is 5.10 Å². The summed E-state index contributed by atoms with van der Waals surface area (Å²) in [5.41, 5.74) is 1.95. The molecule has 0 aliphatic carbocycles. The fourth-order valence-electron chi connectivity index (χ4n) is 3.04. The normalized spacial score (nSPS) is 15.4. The van der Waals surface area contributed by atoms with Gasteiger partial charge in [-0.05, 0) is 23.8 Å². The number of aromatic nitrogens is 3.